The summed E-state index contributed by atoms with van der Waals surface area (Å²) in [6.45, 7) is 3.15. The summed E-state index contributed by atoms with van der Waals surface area (Å²) in [4.78, 5) is 17.9. The number of aliphatic hydroxyl groups is 1. The zero-order valence-corrected chi connectivity index (χ0v) is 20.9. The molecule has 0 aliphatic heterocycles. The molecule has 4 aromatic rings. The van der Waals surface area contributed by atoms with Gasteiger partial charge in [0.15, 0.2) is 5.76 Å². The lowest BCUT2D eigenvalue weighted by Crippen LogP contribution is -2.38. The highest BCUT2D eigenvalue weighted by Gasteiger charge is 2.21. The van der Waals surface area contributed by atoms with Crippen LogP contribution in [0.5, 0.6) is 0 Å². The molecule has 0 radical (unpaired) electrons. The van der Waals surface area contributed by atoms with Gasteiger partial charge in [-0.1, -0.05) is 53.7 Å². The fourth-order valence-corrected chi connectivity index (χ4v) is 4.10. The SMILES string of the molecule is CC(C)(O)c1cccc(Cc2ccc(Cc3cc(-c4ccc[n+](COP(=O)(O)O)c4N)on3)cc2)c1. The Hall–Kier alpha value is -3.33. The largest absolute Gasteiger partial charge is 0.472 e. The first-order valence-corrected chi connectivity index (χ1v) is 12.8. The topological polar surface area (TPSA) is 143 Å². The average Bonchev–Trinajstić information content (AvgIpc) is 3.27. The van der Waals surface area contributed by atoms with Crippen molar-refractivity contribution in [2.75, 3.05) is 5.73 Å². The van der Waals surface area contributed by atoms with Crippen LogP contribution in [0.4, 0.5) is 5.82 Å². The standard InChI is InChI=1S/C26H28N3O6P/c1-26(2,30)21-6-3-5-20(14-21)13-18-8-10-19(11-9-18)15-22-16-24(35-28-22)23-7-4-12-29(25(23)27)17-34-36(31,32)33/h3-12,14,16,27,30H,13,15,17H2,1-2H3,(H2,31,32,33)/p+1. The number of aromatic nitrogens is 2. The van der Waals surface area contributed by atoms with Crippen LogP contribution in [0.2, 0.25) is 0 Å². The fourth-order valence-electron chi connectivity index (χ4n) is 3.83. The van der Waals surface area contributed by atoms with E-state index >= 15 is 0 Å². The quantitative estimate of drug-likeness (QED) is 0.197. The molecule has 0 bridgehead atoms. The third-order valence-electron chi connectivity index (χ3n) is 5.75. The minimum atomic E-state index is -4.63. The number of nitrogens with zero attached hydrogens (tertiary/aromatic N) is 2. The lowest BCUT2D eigenvalue weighted by Gasteiger charge is -2.18. The van der Waals surface area contributed by atoms with Crippen LogP contribution in [0.1, 0.15) is 41.8 Å². The Bertz CT molecular complexity index is 1390. The van der Waals surface area contributed by atoms with Crippen LogP contribution < -0.4 is 10.3 Å². The van der Waals surface area contributed by atoms with Crippen LogP contribution in [-0.4, -0.2) is 20.1 Å². The van der Waals surface area contributed by atoms with Crippen molar-refractivity contribution in [2.24, 2.45) is 0 Å². The van der Waals surface area contributed by atoms with Gasteiger partial charge < -0.3 is 19.4 Å². The lowest BCUT2D eigenvalue weighted by molar-refractivity contribution is -0.711. The Morgan fingerprint density at radius 1 is 1.00 bits per heavy atom. The van der Waals surface area contributed by atoms with Crippen LogP contribution in [0.15, 0.2) is 77.4 Å². The summed E-state index contributed by atoms with van der Waals surface area (Å²) < 4.78 is 22.4. The highest BCUT2D eigenvalue weighted by Crippen LogP contribution is 2.35. The van der Waals surface area contributed by atoms with Crippen LogP contribution in [0.3, 0.4) is 0 Å². The third-order valence-corrected chi connectivity index (χ3v) is 6.21. The van der Waals surface area contributed by atoms with Gasteiger partial charge in [0.2, 0.25) is 6.73 Å². The highest BCUT2D eigenvalue weighted by molar-refractivity contribution is 7.46. The maximum absolute atomic E-state index is 11.0. The van der Waals surface area contributed by atoms with Gasteiger partial charge in [0.05, 0.1) is 17.5 Å². The van der Waals surface area contributed by atoms with Gasteiger partial charge in [-0.05, 0) is 54.7 Å². The molecule has 0 aliphatic carbocycles. The summed E-state index contributed by atoms with van der Waals surface area (Å²) in [5, 5.41) is 14.4. The van der Waals surface area contributed by atoms with E-state index < -0.39 is 20.2 Å². The Labute approximate surface area is 209 Å². The van der Waals surface area contributed by atoms with Crippen molar-refractivity contribution in [1.82, 2.24) is 5.16 Å². The Kier molecular flexibility index (Phi) is 7.40. The van der Waals surface area contributed by atoms with Gasteiger partial charge in [0.1, 0.15) is 5.56 Å². The molecule has 4 rings (SSSR count). The molecule has 2 aromatic heterocycles. The van der Waals surface area contributed by atoms with Gasteiger partial charge in [-0.3, -0.25) is 5.73 Å². The second kappa shape index (κ2) is 10.3. The number of nitrogens with two attached hydrogens (primary N) is 1. The van der Waals surface area contributed by atoms with Crippen molar-refractivity contribution in [3.05, 3.63) is 101 Å². The van der Waals surface area contributed by atoms with E-state index in [2.05, 4.69) is 27.9 Å². The molecule has 5 N–H and O–H groups in total. The number of anilines is 1. The maximum atomic E-state index is 11.0. The molecule has 0 saturated heterocycles. The van der Waals surface area contributed by atoms with Crippen LogP contribution in [-0.2, 0) is 34.3 Å². The summed E-state index contributed by atoms with van der Waals surface area (Å²) in [5.41, 5.74) is 10.8. The van der Waals surface area contributed by atoms with Gasteiger partial charge >= 0.3 is 7.82 Å². The van der Waals surface area contributed by atoms with E-state index in [4.69, 9.17) is 20.0 Å². The van der Waals surface area contributed by atoms with Crippen molar-refractivity contribution >= 4 is 13.6 Å². The minimum absolute atomic E-state index is 0.228. The molecule has 2 heterocycles. The predicted molar refractivity (Wildman–Crippen MR) is 133 cm³/mol. The van der Waals surface area contributed by atoms with Crippen molar-refractivity contribution in [1.29, 1.82) is 0 Å². The van der Waals surface area contributed by atoms with E-state index in [1.165, 1.54) is 4.57 Å². The Balaban J connectivity index is 1.43. The van der Waals surface area contributed by atoms with Crippen molar-refractivity contribution in [3.8, 4) is 11.3 Å². The van der Waals surface area contributed by atoms with Crippen molar-refractivity contribution in [2.45, 2.75) is 39.0 Å². The van der Waals surface area contributed by atoms with E-state index in [-0.39, 0.29) is 5.82 Å². The van der Waals surface area contributed by atoms with Crippen LogP contribution >= 0.6 is 7.82 Å². The van der Waals surface area contributed by atoms with Gasteiger partial charge in [0, 0.05) is 12.5 Å². The molecular weight excluding hydrogens is 481 g/mol. The molecule has 0 spiro atoms. The first-order chi connectivity index (χ1) is 17.0. The lowest BCUT2D eigenvalue weighted by atomic mass is 9.94. The minimum Gasteiger partial charge on any atom is -0.386 e. The zero-order chi connectivity index (χ0) is 25.9. The number of hydrogen-bond acceptors (Lipinski definition) is 6. The van der Waals surface area contributed by atoms with Crippen LogP contribution in [0, 0.1) is 0 Å². The molecule has 0 saturated carbocycles. The number of benzene rings is 2. The number of nitrogen functional groups attached to an aromatic ring is 1. The number of hydrogen-bond donors (Lipinski definition) is 4. The zero-order valence-electron chi connectivity index (χ0n) is 20.0. The second-order valence-corrected chi connectivity index (χ2v) is 10.4. The molecule has 36 heavy (non-hydrogen) atoms. The second-order valence-electron chi connectivity index (χ2n) is 9.14. The number of phosphoric ester groups is 1. The molecule has 9 nitrogen and oxygen atoms in total. The third kappa shape index (κ3) is 6.66. The van der Waals surface area contributed by atoms with Gasteiger partial charge in [-0.2, -0.15) is 0 Å². The molecule has 0 amide bonds. The number of pyridine rings is 1. The smallest absolute Gasteiger partial charge is 0.386 e. The molecule has 0 fully saturated rings. The number of rotatable bonds is 9. The molecular formula is C26H29N3O6P+. The molecule has 10 heteroatoms. The summed E-state index contributed by atoms with van der Waals surface area (Å²) >= 11 is 0. The molecule has 0 aliphatic rings. The summed E-state index contributed by atoms with van der Waals surface area (Å²) in [7, 11) is -4.63. The van der Waals surface area contributed by atoms with E-state index in [0.717, 1.165) is 34.4 Å². The summed E-state index contributed by atoms with van der Waals surface area (Å²) in [5.74, 6) is 0.669. The van der Waals surface area contributed by atoms with Crippen molar-refractivity contribution in [3.63, 3.8) is 0 Å². The predicted octanol–water partition coefficient (Wildman–Crippen LogP) is 3.69. The van der Waals surface area contributed by atoms with Crippen molar-refractivity contribution < 1.29 is 33.1 Å². The van der Waals surface area contributed by atoms with Gasteiger partial charge in [-0.15, -0.1) is 0 Å². The first kappa shape index (κ1) is 25.8. The molecule has 0 atom stereocenters. The normalized spacial score (nSPS) is 12.1. The highest BCUT2D eigenvalue weighted by atomic mass is 31.2. The van der Waals surface area contributed by atoms with E-state index in [1.54, 1.807) is 38.2 Å². The Morgan fingerprint density at radius 2 is 1.69 bits per heavy atom. The average molecular weight is 511 g/mol. The van der Waals surface area contributed by atoms with E-state index in [1.807, 2.05) is 30.3 Å². The molecule has 188 valence electrons. The maximum Gasteiger partial charge on any atom is 0.472 e. The number of phosphoric acid groups is 1. The molecule has 2 aromatic carbocycles. The van der Waals surface area contributed by atoms with Gasteiger partial charge in [-0.25, -0.2) is 13.7 Å². The Morgan fingerprint density at radius 3 is 2.36 bits per heavy atom. The summed E-state index contributed by atoms with van der Waals surface area (Å²) in [6.07, 6.45) is 2.87. The van der Waals surface area contributed by atoms with Gasteiger partial charge in [0.25, 0.3) is 5.82 Å². The molecule has 0 unspecified atom stereocenters. The first-order valence-electron chi connectivity index (χ1n) is 11.3. The van der Waals surface area contributed by atoms with E-state index in [9.17, 15) is 9.67 Å². The fraction of sp³-hybridized carbons (Fsp3) is 0.231. The van der Waals surface area contributed by atoms with E-state index in [0.29, 0.717) is 17.7 Å². The van der Waals surface area contributed by atoms with Crippen LogP contribution in [0.25, 0.3) is 11.3 Å². The monoisotopic (exact) mass is 510 g/mol. The summed E-state index contributed by atoms with van der Waals surface area (Å²) in [6, 6.07) is 21.4.